The minimum absolute atomic E-state index is 0.0526. The summed E-state index contributed by atoms with van der Waals surface area (Å²) in [4.78, 5) is 23.7. The number of rotatable bonds is 6. The van der Waals surface area contributed by atoms with Crippen LogP contribution in [0.25, 0.3) is 0 Å². The third-order valence-corrected chi connectivity index (χ3v) is 3.92. The zero-order chi connectivity index (χ0) is 20.0. The first-order valence-electron chi connectivity index (χ1n) is 8.29. The fourth-order valence-electron chi connectivity index (χ4n) is 2.31. The lowest BCUT2D eigenvalue weighted by atomic mass is 9.86. The lowest BCUT2D eigenvalue weighted by molar-refractivity contribution is -0.149. The molecule has 0 unspecified atom stereocenters. The van der Waals surface area contributed by atoms with E-state index in [2.05, 4.69) is 5.32 Å². The van der Waals surface area contributed by atoms with Crippen LogP contribution in [0, 0.1) is 5.82 Å². The number of carbonyl (C=O) groups is 2. The molecule has 27 heavy (non-hydrogen) atoms. The second-order valence-electron chi connectivity index (χ2n) is 6.87. The van der Waals surface area contributed by atoms with E-state index in [1.54, 1.807) is 6.07 Å². The van der Waals surface area contributed by atoms with Crippen molar-refractivity contribution in [2.24, 2.45) is 0 Å². The lowest BCUT2D eigenvalue weighted by Crippen LogP contribution is -2.24. The van der Waals surface area contributed by atoms with Gasteiger partial charge in [0.05, 0.1) is 10.7 Å². The molecular weight excluding hydrogens is 373 g/mol. The van der Waals surface area contributed by atoms with Crippen LogP contribution in [0.2, 0.25) is 5.02 Å². The second-order valence-corrected chi connectivity index (χ2v) is 7.28. The van der Waals surface area contributed by atoms with Crippen molar-refractivity contribution in [2.45, 2.75) is 26.2 Å². The Hall–Kier alpha value is -2.60. The summed E-state index contributed by atoms with van der Waals surface area (Å²) in [6, 6.07) is 11.0. The Labute approximate surface area is 162 Å². The normalized spacial score (nSPS) is 11.0. The standard InChI is InChI=1S/C20H21ClFNO4/c1-20(2,3)14-6-4-5-7-17(14)26-12-19(25)27-11-18(24)23-16-9-8-13(22)10-15(16)21/h4-10H,11-12H2,1-3H3,(H,23,24). The van der Waals surface area contributed by atoms with E-state index in [-0.39, 0.29) is 22.7 Å². The molecule has 1 N–H and O–H groups in total. The van der Waals surface area contributed by atoms with Gasteiger partial charge in [-0.05, 0) is 35.2 Å². The number of nitrogens with one attached hydrogen (secondary N) is 1. The van der Waals surface area contributed by atoms with Gasteiger partial charge in [-0.1, -0.05) is 50.6 Å². The van der Waals surface area contributed by atoms with Gasteiger partial charge in [-0.15, -0.1) is 0 Å². The number of halogens is 2. The molecule has 0 saturated heterocycles. The van der Waals surface area contributed by atoms with Crippen molar-refractivity contribution in [3.05, 3.63) is 58.9 Å². The largest absolute Gasteiger partial charge is 0.482 e. The van der Waals surface area contributed by atoms with Gasteiger partial charge in [0, 0.05) is 0 Å². The average Bonchev–Trinajstić information content (AvgIpc) is 2.60. The summed E-state index contributed by atoms with van der Waals surface area (Å²) in [5.41, 5.74) is 1.05. The van der Waals surface area contributed by atoms with Gasteiger partial charge in [0.15, 0.2) is 13.2 Å². The van der Waals surface area contributed by atoms with Crippen molar-refractivity contribution in [3.63, 3.8) is 0 Å². The predicted molar refractivity (Wildman–Crippen MR) is 102 cm³/mol. The summed E-state index contributed by atoms with van der Waals surface area (Å²) >= 11 is 5.82. The first kappa shape index (κ1) is 20.7. The minimum atomic E-state index is -0.681. The van der Waals surface area contributed by atoms with Crippen LogP contribution in [0.5, 0.6) is 5.75 Å². The van der Waals surface area contributed by atoms with Crippen molar-refractivity contribution in [1.82, 2.24) is 0 Å². The molecule has 144 valence electrons. The number of hydrogen-bond donors (Lipinski definition) is 1. The molecule has 2 aromatic carbocycles. The zero-order valence-electron chi connectivity index (χ0n) is 15.3. The van der Waals surface area contributed by atoms with Crippen LogP contribution in [-0.2, 0) is 19.7 Å². The van der Waals surface area contributed by atoms with Crippen LogP contribution in [0.3, 0.4) is 0 Å². The summed E-state index contributed by atoms with van der Waals surface area (Å²) in [6.07, 6.45) is 0. The molecule has 0 aromatic heterocycles. The molecule has 0 bridgehead atoms. The highest BCUT2D eigenvalue weighted by Crippen LogP contribution is 2.30. The third-order valence-electron chi connectivity index (χ3n) is 3.61. The van der Waals surface area contributed by atoms with E-state index in [0.29, 0.717) is 5.75 Å². The van der Waals surface area contributed by atoms with Crippen LogP contribution < -0.4 is 10.1 Å². The summed E-state index contributed by atoms with van der Waals surface area (Å²) in [6.45, 7) is 5.30. The number of anilines is 1. The maximum absolute atomic E-state index is 13.0. The molecule has 0 aliphatic carbocycles. The van der Waals surface area contributed by atoms with E-state index >= 15 is 0 Å². The first-order valence-corrected chi connectivity index (χ1v) is 8.67. The van der Waals surface area contributed by atoms with Crippen LogP contribution in [0.4, 0.5) is 10.1 Å². The summed E-state index contributed by atoms with van der Waals surface area (Å²) < 4.78 is 23.4. The van der Waals surface area contributed by atoms with Crippen molar-refractivity contribution in [1.29, 1.82) is 0 Å². The quantitative estimate of drug-likeness (QED) is 0.741. The SMILES string of the molecule is CC(C)(C)c1ccccc1OCC(=O)OCC(=O)Nc1ccc(F)cc1Cl. The highest BCUT2D eigenvalue weighted by atomic mass is 35.5. The van der Waals surface area contributed by atoms with Crippen molar-refractivity contribution in [3.8, 4) is 5.75 Å². The van der Waals surface area contributed by atoms with E-state index in [1.165, 1.54) is 6.07 Å². The third kappa shape index (κ3) is 6.25. The van der Waals surface area contributed by atoms with E-state index in [0.717, 1.165) is 17.7 Å². The Morgan fingerprint density at radius 1 is 1.11 bits per heavy atom. The highest BCUT2D eigenvalue weighted by molar-refractivity contribution is 6.33. The molecule has 0 heterocycles. The van der Waals surface area contributed by atoms with Crippen LogP contribution >= 0.6 is 11.6 Å². The monoisotopic (exact) mass is 393 g/mol. The molecule has 5 nitrogen and oxygen atoms in total. The maximum atomic E-state index is 13.0. The number of para-hydroxylation sites is 1. The molecule has 2 rings (SSSR count). The van der Waals surface area contributed by atoms with Gasteiger partial charge in [0.2, 0.25) is 0 Å². The van der Waals surface area contributed by atoms with Gasteiger partial charge in [-0.2, -0.15) is 0 Å². The first-order chi connectivity index (χ1) is 12.7. The summed E-state index contributed by atoms with van der Waals surface area (Å²) in [7, 11) is 0. The molecule has 0 spiro atoms. The van der Waals surface area contributed by atoms with Crippen molar-refractivity contribution < 1.29 is 23.5 Å². The number of amides is 1. The van der Waals surface area contributed by atoms with Gasteiger partial charge < -0.3 is 14.8 Å². The fourth-order valence-corrected chi connectivity index (χ4v) is 2.53. The minimum Gasteiger partial charge on any atom is -0.482 e. The second kappa shape index (κ2) is 8.86. The topological polar surface area (TPSA) is 64.6 Å². The van der Waals surface area contributed by atoms with Gasteiger partial charge in [-0.25, -0.2) is 9.18 Å². The van der Waals surface area contributed by atoms with Crippen LogP contribution in [-0.4, -0.2) is 25.1 Å². The summed E-state index contributed by atoms with van der Waals surface area (Å²) in [5, 5.41) is 2.49. The molecular formula is C20H21ClFNO4. The lowest BCUT2D eigenvalue weighted by Gasteiger charge is -2.22. The maximum Gasteiger partial charge on any atom is 0.344 e. The Kier molecular flexibility index (Phi) is 6.80. The molecule has 0 saturated carbocycles. The number of hydrogen-bond acceptors (Lipinski definition) is 4. The molecule has 0 radical (unpaired) electrons. The Morgan fingerprint density at radius 2 is 1.81 bits per heavy atom. The molecule has 1 amide bonds. The molecule has 7 heteroatoms. The number of benzene rings is 2. The predicted octanol–water partition coefficient (Wildman–Crippen LogP) is 4.34. The van der Waals surface area contributed by atoms with Gasteiger partial charge in [0.25, 0.3) is 5.91 Å². The van der Waals surface area contributed by atoms with Gasteiger partial charge >= 0.3 is 5.97 Å². The average molecular weight is 394 g/mol. The van der Waals surface area contributed by atoms with E-state index in [9.17, 15) is 14.0 Å². The van der Waals surface area contributed by atoms with Crippen molar-refractivity contribution in [2.75, 3.05) is 18.5 Å². The number of ether oxygens (including phenoxy) is 2. The molecule has 0 fully saturated rings. The summed E-state index contributed by atoms with van der Waals surface area (Å²) in [5.74, 6) is -1.20. The molecule has 2 aromatic rings. The van der Waals surface area contributed by atoms with Gasteiger partial charge in [-0.3, -0.25) is 4.79 Å². The Balaban J connectivity index is 1.84. The van der Waals surface area contributed by atoms with Crippen molar-refractivity contribution >= 4 is 29.2 Å². The van der Waals surface area contributed by atoms with E-state index in [1.807, 2.05) is 39.0 Å². The van der Waals surface area contributed by atoms with Crippen LogP contribution in [0.15, 0.2) is 42.5 Å². The zero-order valence-corrected chi connectivity index (χ0v) is 16.1. The van der Waals surface area contributed by atoms with Gasteiger partial charge in [0.1, 0.15) is 11.6 Å². The smallest absolute Gasteiger partial charge is 0.344 e. The Bertz CT molecular complexity index is 833. The molecule has 0 aliphatic heterocycles. The molecule has 0 aliphatic rings. The highest BCUT2D eigenvalue weighted by Gasteiger charge is 2.19. The number of carbonyl (C=O) groups excluding carboxylic acids is 2. The number of esters is 1. The Morgan fingerprint density at radius 3 is 2.48 bits per heavy atom. The van der Waals surface area contributed by atoms with E-state index in [4.69, 9.17) is 21.1 Å². The molecule has 0 atom stereocenters. The fraction of sp³-hybridized carbons (Fsp3) is 0.300. The van der Waals surface area contributed by atoms with E-state index < -0.39 is 24.3 Å². The van der Waals surface area contributed by atoms with Crippen LogP contribution in [0.1, 0.15) is 26.3 Å².